The van der Waals surface area contributed by atoms with Crippen LogP contribution >= 0.6 is 23.2 Å². The Labute approximate surface area is 157 Å². The Morgan fingerprint density at radius 1 is 1.38 bits per heavy atom. The number of nitrogens with one attached hydrogen (secondary N) is 2. The summed E-state index contributed by atoms with van der Waals surface area (Å²) in [5.41, 5.74) is 0.609. The van der Waals surface area contributed by atoms with Crippen LogP contribution in [0.5, 0.6) is 11.5 Å². The fraction of sp³-hybridized carbons (Fsp3) is 0.250. The van der Waals surface area contributed by atoms with Gasteiger partial charge in [-0.2, -0.15) is 8.78 Å². The summed E-state index contributed by atoms with van der Waals surface area (Å²) in [6, 6.07) is 2.59. The van der Waals surface area contributed by atoms with Gasteiger partial charge in [-0.25, -0.2) is 0 Å². The molecule has 1 atom stereocenters. The maximum Gasteiger partial charge on any atom is 0.387 e. The van der Waals surface area contributed by atoms with Crippen molar-refractivity contribution in [1.29, 1.82) is 0 Å². The van der Waals surface area contributed by atoms with Gasteiger partial charge in [0.1, 0.15) is 6.10 Å². The molecule has 1 aliphatic rings. The number of carbonyl (C=O) groups is 1. The maximum absolute atomic E-state index is 12.7. The second-order valence-electron chi connectivity index (χ2n) is 5.44. The third-order valence-corrected chi connectivity index (χ3v) is 4.13. The van der Waals surface area contributed by atoms with E-state index in [4.69, 9.17) is 27.9 Å². The highest BCUT2D eigenvalue weighted by molar-refractivity contribution is 6.39. The average molecular weight is 404 g/mol. The lowest BCUT2D eigenvalue weighted by atomic mass is 10.1. The number of rotatable bonds is 4. The normalized spacial score (nSPS) is 15.7. The lowest BCUT2D eigenvalue weighted by molar-refractivity contribution is -0.0519. The number of halogens is 4. The number of hydrogen-bond donors (Lipinski definition) is 2. The van der Waals surface area contributed by atoms with E-state index in [1.807, 2.05) is 0 Å². The fourth-order valence-electron chi connectivity index (χ4n) is 2.43. The molecule has 0 aliphatic carbocycles. The Morgan fingerprint density at radius 3 is 2.73 bits per heavy atom. The summed E-state index contributed by atoms with van der Waals surface area (Å²) in [6.45, 7) is -0.873. The molecule has 0 saturated carbocycles. The Hall–Kier alpha value is -2.32. The zero-order valence-electron chi connectivity index (χ0n) is 13.4. The zero-order valence-corrected chi connectivity index (χ0v) is 14.9. The monoisotopic (exact) mass is 403 g/mol. The third kappa shape index (κ3) is 3.76. The fourth-order valence-corrected chi connectivity index (χ4v) is 2.89. The van der Waals surface area contributed by atoms with Crippen molar-refractivity contribution in [3.8, 4) is 11.5 Å². The van der Waals surface area contributed by atoms with Crippen LogP contribution in [-0.4, -0.2) is 30.2 Å². The van der Waals surface area contributed by atoms with Crippen LogP contribution in [0.1, 0.15) is 17.3 Å². The average Bonchev–Trinajstić information content (AvgIpc) is 2.58. The first-order valence-electron chi connectivity index (χ1n) is 7.49. The highest BCUT2D eigenvalue weighted by Crippen LogP contribution is 2.42. The smallest absolute Gasteiger partial charge is 0.387 e. The topological polar surface area (TPSA) is 72.5 Å². The molecule has 10 heteroatoms. The summed E-state index contributed by atoms with van der Waals surface area (Å²) in [7, 11) is 0. The Kier molecular flexibility index (Phi) is 5.33. The number of anilines is 2. The largest absolute Gasteiger partial charge is 0.483 e. The highest BCUT2D eigenvalue weighted by atomic mass is 35.5. The van der Waals surface area contributed by atoms with E-state index in [9.17, 15) is 13.6 Å². The standard InChI is InChI=1S/C16H13Cl2F2N3O3/c1-7-4-22-12-8(2-3-11(14(12)25-7)26-16(19)20)15(24)23-13-9(17)5-21-6-10(13)18/h2-3,5-7,16,22H,4H2,1H3,(H,21,23,24). The molecule has 0 fully saturated rings. The van der Waals surface area contributed by atoms with Crippen molar-refractivity contribution in [3.63, 3.8) is 0 Å². The molecule has 3 rings (SSSR count). The summed E-state index contributed by atoms with van der Waals surface area (Å²) in [5, 5.41) is 5.91. The molecule has 1 aliphatic heterocycles. The molecule has 138 valence electrons. The van der Waals surface area contributed by atoms with Gasteiger partial charge in [-0.3, -0.25) is 9.78 Å². The number of alkyl halides is 2. The minimum Gasteiger partial charge on any atom is -0.483 e. The molecule has 0 radical (unpaired) electrons. The first-order valence-corrected chi connectivity index (χ1v) is 8.25. The zero-order chi connectivity index (χ0) is 18.8. The van der Waals surface area contributed by atoms with Crippen molar-refractivity contribution in [1.82, 2.24) is 4.98 Å². The lowest BCUT2D eigenvalue weighted by Crippen LogP contribution is -2.30. The SMILES string of the molecule is CC1CNc2c(C(=O)Nc3c(Cl)cncc3Cl)ccc(OC(F)F)c2O1. The van der Waals surface area contributed by atoms with Crippen molar-refractivity contribution in [2.45, 2.75) is 19.6 Å². The third-order valence-electron chi connectivity index (χ3n) is 3.56. The number of ether oxygens (including phenoxy) is 2. The predicted octanol–water partition coefficient (Wildman–Crippen LogP) is 4.43. The van der Waals surface area contributed by atoms with Crippen LogP contribution in [0, 0.1) is 0 Å². The molecule has 2 aromatic rings. The Morgan fingerprint density at radius 2 is 2.08 bits per heavy atom. The lowest BCUT2D eigenvalue weighted by Gasteiger charge is -2.28. The van der Waals surface area contributed by atoms with E-state index in [1.54, 1.807) is 6.92 Å². The van der Waals surface area contributed by atoms with Crippen LogP contribution in [0.4, 0.5) is 20.2 Å². The second-order valence-corrected chi connectivity index (χ2v) is 6.25. The van der Waals surface area contributed by atoms with Gasteiger partial charge < -0.3 is 20.1 Å². The van der Waals surface area contributed by atoms with Gasteiger partial charge in [0.15, 0.2) is 11.5 Å². The number of fused-ring (bicyclic) bond motifs is 1. The molecular weight excluding hydrogens is 391 g/mol. The van der Waals surface area contributed by atoms with Gasteiger partial charge in [0.25, 0.3) is 5.91 Å². The van der Waals surface area contributed by atoms with E-state index < -0.39 is 12.5 Å². The molecule has 1 amide bonds. The van der Waals surface area contributed by atoms with Crippen molar-refractivity contribution in [3.05, 3.63) is 40.1 Å². The summed E-state index contributed by atoms with van der Waals surface area (Å²) < 4.78 is 35.3. The predicted molar refractivity (Wildman–Crippen MR) is 93.9 cm³/mol. The van der Waals surface area contributed by atoms with Crippen LogP contribution < -0.4 is 20.1 Å². The number of carbonyl (C=O) groups excluding carboxylic acids is 1. The van der Waals surface area contributed by atoms with Crippen LogP contribution in [0.2, 0.25) is 10.0 Å². The van der Waals surface area contributed by atoms with Gasteiger partial charge in [-0.1, -0.05) is 23.2 Å². The summed E-state index contributed by atoms with van der Waals surface area (Å²) in [6.07, 6.45) is 2.38. The Bertz CT molecular complexity index is 831. The summed E-state index contributed by atoms with van der Waals surface area (Å²) >= 11 is 12.0. The van der Waals surface area contributed by atoms with Gasteiger partial charge in [-0.15, -0.1) is 0 Å². The highest BCUT2D eigenvalue weighted by Gasteiger charge is 2.27. The molecule has 1 aromatic heterocycles. The minimum atomic E-state index is -3.02. The Balaban J connectivity index is 1.97. The van der Waals surface area contributed by atoms with Gasteiger partial charge in [0.05, 0.1) is 33.5 Å². The van der Waals surface area contributed by atoms with Crippen LogP contribution in [0.25, 0.3) is 0 Å². The molecule has 1 aromatic carbocycles. The molecular formula is C16H13Cl2F2N3O3. The van der Waals surface area contributed by atoms with Gasteiger partial charge in [0, 0.05) is 12.4 Å². The molecule has 1 unspecified atom stereocenters. The van der Waals surface area contributed by atoms with Gasteiger partial charge in [0.2, 0.25) is 0 Å². The van der Waals surface area contributed by atoms with Crippen molar-refractivity contribution in [2.24, 2.45) is 0 Å². The van der Waals surface area contributed by atoms with Crippen molar-refractivity contribution in [2.75, 3.05) is 17.2 Å². The van der Waals surface area contributed by atoms with E-state index in [0.29, 0.717) is 6.54 Å². The van der Waals surface area contributed by atoms with E-state index in [-0.39, 0.29) is 44.6 Å². The van der Waals surface area contributed by atoms with Crippen molar-refractivity contribution >= 4 is 40.5 Å². The summed E-state index contributed by atoms with van der Waals surface area (Å²) in [5.74, 6) is -0.667. The number of hydrogen-bond acceptors (Lipinski definition) is 5. The maximum atomic E-state index is 12.7. The first-order chi connectivity index (χ1) is 12.4. The number of aromatic nitrogens is 1. The van der Waals surface area contributed by atoms with E-state index in [0.717, 1.165) is 0 Å². The number of benzene rings is 1. The van der Waals surface area contributed by atoms with E-state index >= 15 is 0 Å². The van der Waals surface area contributed by atoms with Crippen LogP contribution in [-0.2, 0) is 0 Å². The molecule has 0 bridgehead atoms. The molecule has 0 spiro atoms. The number of amides is 1. The van der Waals surface area contributed by atoms with Crippen molar-refractivity contribution < 1.29 is 23.0 Å². The van der Waals surface area contributed by atoms with Crippen LogP contribution in [0.3, 0.4) is 0 Å². The minimum absolute atomic E-state index is 0.0450. The number of pyridine rings is 1. The van der Waals surface area contributed by atoms with Gasteiger partial charge >= 0.3 is 6.61 Å². The second kappa shape index (κ2) is 7.51. The quantitative estimate of drug-likeness (QED) is 0.789. The summed E-state index contributed by atoms with van der Waals surface area (Å²) in [4.78, 5) is 16.5. The molecule has 0 saturated heterocycles. The molecule has 6 nitrogen and oxygen atoms in total. The van der Waals surface area contributed by atoms with E-state index in [1.165, 1.54) is 24.5 Å². The molecule has 2 N–H and O–H groups in total. The first kappa shape index (κ1) is 18.5. The van der Waals surface area contributed by atoms with Crippen LogP contribution in [0.15, 0.2) is 24.5 Å². The number of nitrogens with zero attached hydrogens (tertiary/aromatic N) is 1. The molecule has 26 heavy (non-hydrogen) atoms. The van der Waals surface area contributed by atoms with E-state index in [2.05, 4.69) is 20.4 Å². The van der Waals surface area contributed by atoms with Gasteiger partial charge in [-0.05, 0) is 19.1 Å². The molecule has 2 heterocycles.